The Morgan fingerprint density at radius 1 is 1.25 bits per heavy atom. The molecule has 0 amide bonds. The molecular weight excluding hydrogens is 306 g/mol. The molecule has 0 spiro atoms. The van der Waals surface area contributed by atoms with Crippen molar-refractivity contribution in [2.24, 2.45) is 4.99 Å². The average Bonchev–Trinajstić information content (AvgIpc) is 2.54. The highest BCUT2D eigenvalue weighted by Crippen LogP contribution is 2.15. The summed E-state index contributed by atoms with van der Waals surface area (Å²) in [5.74, 6) is -0.398. The lowest BCUT2D eigenvalue weighted by atomic mass is 10.1. The number of aromatic nitrogens is 2. The van der Waals surface area contributed by atoms with Gasteiger partial charge < -0.3 is 5.11 Å². The smallest absolute Gasteiger partial charge is 0.270 e. The molecule has 0 saturated heterocycles. The molecule has 2 aromatic heterocycles. The van der Waals surface area contributed by atoms with Crippen LogP contribution in [0.2, 0.25) is 0 Å². The third-order valence-corrected chi connectivity index (χ3v) is 3.62. The predicted octanol–water partition coefficient (Wildman–Crippen LogP) is 2.66. The topological polar surface area (TPSA) is 84.0 Å². The van der Waals surface area contributed by atoms with Gasteiger partial charge in [-0.15, -0.1) is 0 Å². The van der Waals surface area contributed by atoms with Gasteiger partial charge in [-0.2, -0.15) is 4.98 Å². The molecule has 0 unspecified atom stereocenters. The van der Waals surface area contributed by atoms with Crippen LogP contribution in [0.25, 0.3) is 5.65 Å². The second-order valence-electron chi connectivity index (χ2n) is 5.45. The molecule has 0 bridgehead atoms. The minimum Gasteiger partial charge on any atom is -0.493 e. The normalized spacial score (nSPS) is 11.2. The molecule has 120 valence electrons. The zero-order chi connectivity index (χ0) is 17.3. The first-order valence-corrected chi connectivity index (χ1v) is 7.33. The van der Waals surface area contributed by atoms with Gasteiger partial charge >= 0.3 is 0 Å². The van der Waals surface area contributed by atoms with Crippen LogP contribution in [0.15, 0.2) is 52.4 Å². The quantitative estimate of drug-likeness (QED) is 0.594. The van der Waals surface area contributed by atoms with E-state index in [-0.39, 0.29) is 17.2 Å². The highest BCUT2D eigenvalue weighted by molar-refractivity contribution is 5.94. The molecule has 0 atom stereocenters. The van der Waals surface area contributed by atoms with Gasteiger partial charge in [-0.05, 0) is 55.8 Å². The molecule has 0 saturated carbocycles. The van der Waals surface area contributed by atoms with Crippen molar-refractivity contribution in [2.75, 3.05) is 0 Å². The van der Waals surface area contributed by atoms with E-state index < -0.39 is 5.56 Å². The van der Waals surface area contributed by atoms with Gasteiger partial charge in [0.05, 0.1) is 5.69 Å². The van der Waals surface area contributed by atoms with Crippen molar-refractivity contribution < 1.29 is 9.90 Å². The van der Waals surface area contributed by atoms with Crippen LogP contribution in [-0.4, -0.2) is 26.5 Å². The number of hydrogen-bond donors (Lipinski definition) is 1. The van der Waals surface area contributed by atoms with E-state index in [0.29, 0.717) is 16.9 Å². The zero-order valence-electron chi connectivity index (χ0n) is 13.2. The van der Waals surface area contributed by atoms with E-state index in [1.807, 2.05) is 6.92 Å². The van der Waals surface area contributed by atoms with Gasteiger partial charge in [0.15, 0.2) is 5.78 Å². The molecule has 3 rings (SSSR count). The number of rotatable bonds is 3. The minimum absolute atomic E-state index is 0.00648. The second-order valence-corrected chi connectivity index (χ2v) is 5.45. The third-order valence-electron chi connectivity index (χ3n) is 3.62. The summed E-state index contributed by atoms with van der Waals surface area (Å²) in [5, 5.41) is 10.0. The lowest BCUT2D eigenvalue weighted by Crippen LogP contribution is -2.19. The Balaban J connectivity index is 2.02. The van der Waals surface area contributed by atoms with Crippen LogP contribution in [0.3, 0.4) is 0 Å². The number of benzene rings is 1. The first kappa shape index (κ1) is 15.6. The number of Topliss-reactive ketones (excluding diaryl/α,β-unsaturated/α-hetero) is 1. The minimum atomic E-state index is -0.401. The Morgan fingerprint density at radius 2 is 1.96 bits per heavy atom. The van der Waals surface area contributed by atoms with Crippen LogP contribution in [0.4, 0.5) is 5.69 Å². The van der Waals surface area contributed by atoms with Crippen LogP contribution in [0.5, 0.6) is 5.88 Å². The number of fused-ring (bicyclic) bond motifs is 1. The Bertz CT molecular complexity index is 1020. The standard InChI is InChI=1S/C18H15N3O3/c1-11-7-8-21-16(9-11)20-17(23)15(18(21)24)10-19-14-5-3-13(4-6-14)12(2)22/h3-10,23H,1-2H3. The zero-order valence-corrected chi connectivity index (χ0v) is 13.2. The van der Waals surface area contributed by atoms with Crippen molar-refractivity contribution in [3.05, 3.63) is 69.6 Å². The summed E-state index contributed by atoms with van der Waals surface area (Å²) in [6.07, 6.45) is 2.89. The summed E-state index contributed by atoms with van der Waals surface area (Å²) in [7, 11) is 0. The Hall–Kier alpha value is -3.28. The molecule has 0 aliphatic rings. The van der Waals surface area contributed by atoms with Crippen molar-refractivity contribution in [3.63, 3.8) is 0 Å². The number of aromatic hydroxyl groups is 1. The van der Waals surface area contributed by atoms with Crippen molar-refractivity contribution in [1.29, 1.82) is 0 Å². The third kappa shape index (κ3) is 2.94. The van der Waals surface area contributed by atoms with Gasteiger partial charge in [-0.3, -0.25) is 19.0 Å². The van der Waals surface area contributed by atoms with Crippen molar-refractivity contribution >= 4 is 23.3 Å². The summed E-state index contributed by atoms with van der Waals surface area (Å²) in [4.78, 5) is 31.9. The van der Waals surface area contributed by atoms with Crippen molar-refractivity contribution in [1.82, 2.24) is 9.38 Å². The molecule has 1 aromatic carbocycles. The summed E-state index contributed by atoms with van der Waals surface area (Å²) in [6, 6.07) is 10.1. The van der Waals surface area contributed by atoms with Crippen LogP contribution in [0.1, 0.15) is 28.4 Å². The van der Waals surface area contributed by atoms with E-state index in [2.05, 4.69) is 9.98 Å². The predicted molar refractivity (Wildman–Crippen MR) is 91.6 cm³/mol. The number of aryl methyl sites for hydroxylation is 1. The second kappa shape index (κ2) is 6.08. The van der Waals surface area contributed by atoms with Gasteiger partial charge in [0.25, 0.3) is 5.56 Å². The van der Waals surface area contributed by atoms with E-state index >= 15 is 0 Å². The van der Waals surface area contributed by atoms with Crippen LogP contribution < -0.4 is 5.56 Å². The van der Waals surface area contributed by atoms with E-state index in [9.17, 15) is 14.7 Å². The highest BCUT2D eigenvalue weighted by atomic mass is 16.3. The summed E-state index contributed by atoms with van der Waals surface area (Å²) >= 11 is 0. The number of aliphatic imine (C=N–C) groups is 1. The van der Waals surface area contributed by atoms with Gasteiger partial charge in [-0.25, -0.2) is 0 Å². The van der Waals surface area contributed by atoms with E-state index in [1.54, 1.807) is 42.6 Å². The van der Waals surface area contributed by atoms with Crippen LogP contribution in [-0.2, 0) is 0 Å². The Kier molecular flexibility index (Phi) is 3.95. The largest absolute Gasteiger partial charge is 0.493 e. The van der Waals surface area contributed by atoms with Crippen molar-refractivity contribution in [3.8, 4) is 5.88 Å². The molecule has 0 aliphatic heterocycles. The molecule has 24 heavy (non-hydrogen) atoms. The number of ketones is 1. The molecule has 0 radical (unpaired) electrons. The number of carbonyl (C=O) groups excluding carboxylic acids is 1. The molecule has 0 fully saturated rings. The molecule has 2 heterocycles. The van der Waals surface area contributed by atoms with Crippen molar-refractivity contribution in [2.45, 2.75) is 13.8 Å². The fourth-order valence-corrected chi connectivity index (χ4v) is 2.28. The Labute approximate surface area is 137 Å². The van der Waals surface area contributed by atoms with Gasteiger partial charge in [0, 0.05) is 18.0 Å². The van der Waals surface area contributed by atoms with Crippen LogP contribution >= 0.6 is 0 Å². The maximum Gasteiger partial charge on any atom is 0.270 e. The maximum absolute atomic E-state index is 12.5. The first-order valence-electron chi connectivity index (χ1n) is 7.33. The van der Waals surface area contributed by atoms with Crippen LogP contribution in [0, 0.1) is 6.92 Å². The van der Waals surface area contributed by atoms with Gasteiger partial charge in [0.2, 0.25) is 5.88 Å². The molecule has 6 nitrogen and oxygen atoms in total. The fraction of sp³-hybridized carbons (Fsp3) is 0.111. The fourth-order valence-electron chi connectivity index (χ4n) is 2.28. The number of pyridine rings is 1. The molecular formula is C18H15N3O3. The number of nitrogens with zero attached hydrogens (tertiary/aromatic N) is 3. The van der Waals surface area contributed by atoms with Gasteiger partial charge in [0.1, 0.15) is 11.2 Å². The highest BCUT2D eigenvalue weighted by Gasteiger charge is 2.10. The van der Waals surface area contributed by atoms with E-state index in [4.69, 9.17) is 0 Å². The molecule has 3 aromatic rings. The molecule has 0 aliphatic carbocycles. The summed E-state index contributed by atoms with van der Waals surface area (Å²) in [5.41, 5.74) is 2.06. The Morgan fingerprint density at radius 3 is 2.62 bits per heavy atom. The lowest BCUT2D eigenvalue weighted by Gasteiger charge is -2.04. The molecule has 1 N–H and O–H groups in total. The van der Waals surface area contributed by atoms with E-state index in [0.717, 1.165) is 5.56 Å². The number of carbonyl (C=O) groups is 1. The monoisotopic (exact) mass is 321 g/mol. The number of hydrogen-bond acceptors (Lipinski definition) is 5. The first-order chi connectivity index (χ1) is 11.5. The summed E-state index contributed by atoms with van der Waals surface area (Å²) < 4.78 is 1.35. The van der Waals surface area contributed by atoms with E-state index in [1.165, 1.54) is 17.5 Å². The van der Waals surface area contributed by atoms with Gasteiger partial charge in [-0.1, -0.05) is 0 Å². The lowest BCUT2D eigenvalue weighted by molar-refractivity contribution is 0.101. The SMILES string of the molecule is CC(=O)c1ccc(N=Cc2c(O)nc3cc(C)ccn3c2=O)cc1. The summed E-state index contributed by atoms with van der Waals surface area (Å²) in [6.45, 7) is 3.36. The average molecular weight is 321 g/mol. The molecule has 6 heteroatoms. The maximum atomic E-state index is 12.5.